The van der Waals surface area contributed by atoms with Crippen molar-refractivity contribution in [2.24, 2.45) is 0 Å². The van der Waals surface area contributed by atoms with E-state index in [4.69, 9.17) is 5.73 Å². The number of aryl methyl sites for hydroxylation is 1. The van der Waals surface area contributed by atoms with Gasteiger partial charge in [0, 0.05) is 29.2 Å². The minimum absolute atomic E-state index is 0.293. The first-order valence-electron chi connectivity index (χ1n) is 6.08. The Hall–Kier alpha value is -2.27. The van der Waals surface area contributed by atoms with E-state index in [0.717, 1.165) is 21.1 Å². The normalized spacial score (nSPS) is 10.7. The van der Waals surface area contributed by atoms with Gasteiger partial charge < -0.3 is 5.73 Å². The molecular weight excluding hydrogens is 273 g/mol. The Balaban J connectivity index is 2.22. The highest BCUT2D eigenvalue weighted by Crippen LogP contribution is 2.38. The van der Waals surface area contributed by atoms with Crippen LogP contribution >= 0.6 is 11.3 Å². The lowest BCUT2D eigenvalue weighted by Crippen LogP contribution is -1.90. The van der Waals surface area contributed by atoms with Crippen molar-refractivity contribution >= 4 is 17.0 Å². The number of hydrogen-bond acceptors (Lipinski definition) is 4. The molecule has 0 saturated heterocycles. The molecule has 100 valence electrons. The fourth-order valence-corrected chi connectivity index (χ4v) is 2.99. The molecule has 0 fully saturated rings. The van der Waals surface area contributed by atoms with Crippen molar-refractivity contribution in [2.75, 3.05) is 5.73 Å². The highest BCUT2D eigenvalue weighted by Gasteiger charge is 2.16. The molecule has 0 aliphatic heterocycles. The number of pyridine rings is 1. The number of nitrogen functional groups attached to an aromatic ring is 1. The second-order valence-corrected chi connectivity index (χ2v) is 5.59. The van der Waals surface area contributed by atoms with Crippen molar-refractivity contribution in [3.05, 3.63) is 53.6 Å². The van der Waals surface area contributed by atoms with Crippen LogP contribution in [-0.4, -0.2) is 9.97 Å². The van der Waals surface area contributed by atoms with Crippen molar-refractivity contribution in [3.8, 4) is 21.7 Å². The number of nitrogens with zero attached hydrogens (tertiary/aromatic N) is 2. The largest absolute Gasteiger partial charge is 0.399 e. The Labute approximate surface area is 119 Å². The van der Waals surface area contributed by atoms with Gasteiger partial charge >= 0.3 is 0 Å². The molecule has 2 heterocycles. The van der Waals surface area contributed by atoms with Gasteiger partial charge in [0.25, 0.3) is 0 Å². The molecule has 0 saturated carbocycles. The molecule has 0 aliphatic carbocycles. The van der Waals surface area contributed by atoms with Gasteiger partial charge in [0.05, 0.1) is 15.6 Å². The molecule has 3 rings (SSSR count). The number of hydrogen-bond donors (Lipinski definition) is 1. The van der Waals surface area contributed by atoms with Crippen molar-refractivity contribution in [3.63, 3.8) is 0 Å². The van der Waals surface area contributed by atoms with Gasteiger partial charge in [0.1, 0.15) is 5.82 Å². The molecule has 0 spiro atoms. The van der Waals surface area contributed by atoms with Gasteiger partial charge in [-0.25, -0.2) is 9.37 Å². The van der Waals surface area contributed by atoms with Crippen molar-refractivity contribution in [1.29, 1.82) is 0 Å². The Kier molecular flexibility index (Phi) is 3.20. The zero-order valence-electron chi connectivity index (χ0n) is 10.8. The van der Waals surface area contributed by atoms with Crippen LogP contribution in [0.25, 0.3) is 21.7 Å². The monoisotopic (exact) mass is 285 g/mol. The van der Waals surface area contributed by atoms with E-state index in [1.54, 1.807) is 24.5 Å². The predicted octanol–water partition coefficient (Wildman–Crippen LogP) is 3.90. The first-order valence-corrected chi connectivity index (χ1v) is 6.90. The van der Waals surface area contributed by atoms with Crippen molar-refractivity contribution < 1.29 is 4.39 Å². The van der Waals surface area contributed by atoms with E-state index in [9.17, 15) is 4.39 Å². The van der Waals surface area contributed by atoms with Gasteiger partial charge in [-0.15, -0.1) is 11.3 Å². The van der Waals surface area contributed by atoms with E-state index in [1.807, 2.05) is 19.1 Å². The highest BCUT2D eigenvalue weighted by atomic mass is 32.1. The molecule has 3 aromatic rings. The lowest BCUT2D eigenvalue weighted by atomic mass is 10.1. The number of thiazole rings is 1. The van der Waals surface area contributed by atoms with Crippen LogP contribution in [0.3, 0.4) is 0 Å². The number of nitrogens with two attached hydrogens (primary N) is 1. The number of rotatable bonds is 2. The van der Waals surface area contributed by atoms with Gasteiger partial charge in [-0.3, -0.25) is 4.98 Å². The Bertz CT molecular complexity index is 753. The van der Waals surface area contributed by atoms with Crippen molar-refractivity contribution in [1.82, 2.24) is 9.97 Å². The summed E-state index contributed by atoms with van der Waals surface area (Å²) in [5, 5.41) is 0.883. The van der Waals surface area contributed by atoms with Gasteiger partial charge in [0.2, 0.25) is 0 Å². The van der Waals surface area contributed by atoms with E-state index < -0.39 is 0 Å². The summed E-state index contributed by atoms with van der Waals surface area (Å²) in [6.45, 7) is 1.91. The summed E-state index contributed by atoms with van der Waals surface area (Å²) in [4.78, 5) is 9.29. The smallest absolute Gasteiger partial charge is 0.132 e. The minimum atomic E-state index is -0.293. The number of anilines is 1. The van der Waals surface area contributed by atoms with E-state index in [0.29, 0.717) is 11.3 Å². The van der Waals surface area contributed by atoms with Crippen LogP contribution < -0.4 is 5.73 Å². The van der Waals surface area contributed by atoms with Crippen LogP contribution in [0.5, 0.6) is 0 Å². The standard InChI is InChI=1S/C15H12FN3S/c1-9-19-14(10-4-6-18-7-5-10)15(20-9)12-8-11(17)2-3-13(12)16/h2-8H,17H2,1H3. The quantitative estimate of drug-likeness (QED) is 0.726. The summed E-state index contributed by atoms with van der Waals surface area (Å²) in [7, 11) is 0. The summed E-state index contributed by atoms with van der Waals surface area (Å²) >= 11 is 1.46. The topological polar surface area (TPSA) is 51.8 Å². The first-order chi connectivity index (χ1) is 9.65. The van der Waals surface area contributed by atoms with Gasteiger partial charge in [0.15, 0.2) is 0 Å². The van der Waals surface area contributed by atoms with Gasteiger partial charge in [-0.2, -0.15) is 0 Å². The Morgan fingerprint density at radius 2 is 1.90 bits per heavy atom. The zero-order chi connectivity index (χ0) is 14.1. The molecule has 0 atom stereocenters. The van der Waals surface area contributed by atoms with Crippen LogP contribution in [0.2, 0.25) is 0 Å². The van der Waals surface area contributed by atoms with E-state index in [2.05, 4.69) is 9.97 Å². The Morgan fingerprint density at radius 3 is 2.65 bits per heavy atom. The second kappa shape index (κ2) is 5.02. The lowest BCUT2D eigenvalue weighted by Gasteiger charge is -2.05. The van der Waals surface area contributed by atoms with Crippen LogP contribution in [-0.2, 0) is 0 Å². The van der Waals surface area contributed by atoms with E-state index >= 15 is 0 Å². The average molecular weight is 285 g/mol. The zero-order valence-corrected chi connectivity index (χ0v) is 11.6. The Morgan fingerprint density at radius 1 is 1.15 bits per heavy atom. The molecule has 2 aromatic heterocycles. The van der Waals surface area contributed by atoms with Crippen molar-refractivity contribution in [2.45, 2.75) is 6.92 Å². The summed E-state index contributed by atoms with van der Waals surface area (Å²) in [5.41, 5.74) is 8.47. The first kappa shape index (κ1) is 12.7. The third-order valence-electron chi connectivity index (χ3n) is 2.92. The molecule has 0 unspecified atom stereocenters. The molecule has 0 radical (unpaired) electrons. The molecule has 0 amide bonds. The third-order valence-corrected chi connectivity index (χ3v) is 3.93. The maximum absolute atomic E-state index is 14.1. The molecular formula is C15H12FN3S. The molecule has 2 N–H and O–H groups in total. The number of halogens is 1. The van der Waals surface area contributed by atoms with Crippen LogP contribution in [0.15, 0.2) is 42.7 Å². The summed E-state index contributed by atoms with van der Waals surface area (Å²) in [6, 6.07) is 8.31. The SMILES string of the molecule is Cc1nc(-c2ccncc2)c(-c2cc(N)ccc2F)s1. The molecule has 20 heavy (non-hydrogen) atoms. The van der Waals surface area contributed by atoms with Crippen LogP contribution in [0.4, 0.5) is 10.1 Å². The summed E-state index contributed by atoms with van der Waals surface area (Å²) < 4.78 is 14.1. The molecule has 0 aliphatic rings. The maximum Gasteiger partial charge on any atom is 0.132 e. The second-order valence-electron chi connectivity index (χ2n) is 4.39. The van der Waals surface area contributed by atoms with E-state index in [-0.39, 0.29) is 5.82 Å². The van der Waals surface area contributed by atoms with Crippen LogP contribution in [0, 0.1) is 12.7 Å². The molecule has 3 nitrogen and oxygen atoms in total. The number of benzene rings is 1. The highest BCUT2D eigenvalue weighted by molar-refractivity contribution is 7.15. The molecule has 0 bridgehead atoms. The summed E-state index contributed by atoms with van der Waals surface area (Å²) in [5.74, 6) is -0.293. The third kappa shape index (κ3) is 2.28. The molecule has 1 aromatic carbocycles. The van der Waals surface area contributed by atoms with Gasteiger partial charge in [-0.1, -0.05) is 0 Å². The maximum atomic E-state index is 14.1. The molecule has 5 heteroatoms. The predicted molar refractivity (Wildman–Crippen MR) is 79.9 cm³/mol. The lowest BCUT2D eigenvalue weighted by molar-refractivity contribution is 0.632. The fourth-order valence-electron chi connectivity index (χ4n) is 2.03. The minimum Gasteiger partial charge on any atom is -0.399 e. The van der Waals surface area contributed by atoms with E-state index in [1.165, 1.54) is 17.4 Å². The van der Waals surface area contributed by atoms with Gasteiger partial charge in [-0.05, 0) is 37.3 Å². The van der Waals surface area contributed by atoms with Crippen LogP contribution in [0.1, 0.15) is 5.01 Å². The fraction of sp³-hybridized carbons (Fsp3) is 0.0667. The summed E-state index contributed by atoms with van der Waals surface area (Å²) in [6.07, 6.45) is 3.40. The average Bonchev–Trinajstić information content (AvgIpc) is 2.84. The number of aromatic nitrogens is 2.